The fraction of sp³-hybridized carbons (Fsp3) is 0.368. The summed E-state index contributed by atoms with van der Waals surface area (Å²) in [7, 11) is 0. The number of rotatable bonds is 6. The van der Waals surface area contributed by atoms with Gasteiger partial charge in [0.05, 0.1) is 6.54 Å². The molecule has 1 aromatic carbocycles. The Balaban J connectivity index is 1.42. The third kappa shape index (κ3) is 4.55. The van der Waals surface area contributed by atoms with Crippen molar-refractivity contribution in [3.8, 4) is 0 Å². The summed E-state index contributed by atoms with van der Waals surface area (Å²) in [4.78, 5) is 14.5. The second kappa shape index (κ2) is 7.93. The lowest BCUT2D eigenvalue weighted by Gasteiger charge is -2.26. The minimum Gasteiger partial charge on any atom is -0.348 e. The van der Waals surface area contributed by atoms with Gasteiger partial charge in [-0.2, -0.15) is 5.10 Å². The summed E-state index contributed by atoms with van der Waals surface area (Å²) in [6.45, 7) is 6.55. The van der Waals surface area contributed by atoms with Crippen molar-refractivity contribution in [2.45, 2.75) is 19.9 Å². The second-order valence-corrected chi connectivity index (χ2v) is 6.23. The lowest BCUT2D eigenvalue weighted by Crippen LogP contribution is -2.34. The van der Waals surface area contributed by atoms with E-state index in [1.165, 1.54) is 5.57 Å². The highest BCUT2D eigenvalue weighted by Gasteiger charge is 2.12. The van der Waals surface area contributed by atoms with Crippen LogP contribution in [-0.4, -0.2) is 46.8 Å². The normalized spacial score (nSPS) is 15.1. The van der Waals surface area contributed by atoms with Crippen molar-refractivity contribution < 1.29 is 4.79 Å². The molecule has 0 bridgehead atoms. The Bertz CT molecular complexity index is 689. The highest BCUT2D eigenvalue weighted by Crippen LogP contribution is 2.10. The molecule has 1 aliphatic rings. The second-order valence-electron chi connectivity index (χ2n) is 6.23. The lowest BCUT2D eigenvalue weighted by molar-refractivity contribution is 0.0956. The van der Waals surface area contributed by atoms with Crippen LogP contribution in [-0.2, 0) is 6.54 Å². The summed E-state index contributed by atoms with van der Waals surface area (Å²) in [6.07, 6.45) is 7.05. The quantitative estimate of drug-likeness (QED) is 0.829. The Morgan fingerprint density at radius 1 is 1.25 bits per heavy atom. The molecular formula is C19H24N4O. The van der Waals surface area contributed by atoms with E-state index in [4.69, 9.17) is 0 Å². The average molecular weight is 324 g/mol. The van der Waals surface area contributed by atoms with Gasteiger partial charge in [0.25, 0.3) is 5.91 Å². The van der Waals surface area contributed by atoms with Crippen molar-refractivity contribution >= 4 is 5.91 Å². The zero-order valence-corrected chi connectivity index (χ0v) is 14.1. The molecule has 126 valence electrons. The SMILES string of the molecule is Cc1ccc(C(=O)NCC2=CCN(CCn3cccn3)CC2)cc1. The Morgan fingerprint density at radius 3 is 2.75 bits per heavy atom. The number of hydrogen-bond donors (Lipinski definition) is 1. The predicted octanol–water partition coefficient (Wildman–Crippen LogP) is 2.25. The van der Waals surface area contributed by atoms with Crippen molar-refractivity contribution in [1.82, 2.24) is 20.0 Å². The molecule has 0 saturated heterocycles. The van der Waals surface area contributed by atoms with Crippen LogP contribution in [0, 0.1) is 6.92 Å². The van der Waals surface area contributed by atoms with E-state index in [-0.39, 0.29) is 5.91 Å². The summed E-state index contributed by atoms with van der Waals surface area (Å²) in [5.74, 6) is -0.00277. The maximum atomic E-state index is 12.1. The van der Waals surface area contributed by atoms with Gasteiger partial charge in [-0.1, -0.05) is 29.3 Å². The molecule has 0 aliphatic carbocycles. The minimum atomic E-state index is -0.00277. The van der Waals surface area contributed by atoms with Gasteiger partial charge < -0.3 is 5.32 Å². The van der Waals surface area contributed by atoms with Crippen molar-refractivity contribution in [2.75, 3.05) is 26.2 Å². The van der Waals surface area contributed by atoms with E-state index in [9.17, 15) is 4.79 Å². The summed E-state index contributed by atoms with van der Waals surface area (Å²) < 4.78 is 1.96. The first kappa shape index (κ1) is 16.5. The maximum absolute atomic E-state index is 12.1. The molecule has 1 amide bonds. The Labute approximate surface area is 143 Å². The van der Waals surface area contributed by atoms with Crippen molar-refractivity contribution in [3.05, 3.63) is 65.5 Å². The highest BCUT2D eigenvalue weighted by molar-refractivity contribution is 5.94. The number of amides is 1. The molecular weight excluding hydrogens is 300 g/mol. The molecule has 5 heteroatoms. The number of carbonyl (C=O) groups is 1. The van der Waals surface area contributed by atoms with Gasteiger partial charge in [-0.05, 0) is 31.5 Å². The van der Waals surface area contributed by atoms with E-state index >= 15 is 0 Å². The van der Waals surface area contributed by atoms with Gasteiger partial charge in [0.2, 0.25) is 0 Å². The molecule has 3 rings (SSSR count). The monoisotopic (exact) mass is 324 g/mol. The summed E-state index contributed by atoms with van der Waals surface area (Å²) in [5, 5.41) is 7.24. The Hall–Kier alpha value is -2.40. The van der Waals surface area contributed by atoms with Crippen LogP contribution >= 0.6 is 0 Å². The van der Waals surface area contributed by atoms with E-state index in [1.807, 2.05) is 54.3 Å². The fourth-order valence-electron chi connectivity index (χ4n) is 2.79. The van der Waals surface area contributed by atoms with Gasteiger partial charge in [-0.25, -0.2) is 0 Å². The third-order valence-corrected chi connectivity index (χ3v) is 4.38. The maximum Gasteiger partial charge on any atom is 0.251 e. The molecule has 0 saturated carbocycles. The smallest absolute Gasteiger partial charge is 0.251 e. The molecule has 2 heterocycles. The molecule has 24 heavy (non-hydrogen) atoms. The standard InChI is InChI=1S/C19H24N4O/c1-16-3-5-18(6-4-16)19(24)20-15-17-7-11-22(12-8-17)13-14-23-10-2-9-21-23/h2-7,9-10H,8,11-15H2,1H3,(H,20,24). The fourth-order valence-corrected chi connectivity index (χ4v) is 2.79. The molecule has 0 unspecified atom stereocenters. The van der Waals surface area contributed by atoms with Crippen LogP contribution in [0.4, 0.5) is 0 Å². The molecule has 1 aliphatic heterocycles. The minimum absolute atomic E-state index is 0.00277. The first-order valence-electron chi connectivity index (χ1n) is 8.43. The van der Waals surface area contributed by atoms with Crippen LogP contribution < -0.4 is 5.32 Å². The van der Waals surface area contributed by atoms with Crippen molar-refractivity contribution in [1.29, 1.82) is 0 Å². The molecule has 1 N–H and O–H groups in total. The zero-order chi connectivity index (χ0) is 16.8. The number of aromatic nitrogens is 2. The van der Waals surface area contributed by atoms with Gasteiger partial charge in [-0.15, -0.1) is 0 Å². The Morgan fingerprint density at radius 2 is 2.08 bits per heavy atom. The molecule has 0 atom stereocenters. The first-order chi connectivity index (χ1) is 11.7. The highest BCUT2D eigenvalue weighted by atomic mass is 16.1. The Kier molecular flexibility index (Phi) is 5.43. The number of nitrogens with zero attached hydrogens (tertiary/aromatic N) is 3. The van der Waals surface area contributed by atoms with E-state index in [2.05, 4.69) is 21.4 Å². The molecule has 1 aromatic heterocycles. The number of benzene rings is 1. The van der Waals surface area contributed by atoms with E-state index in [0.29, 0.717) is 6.54 Å². The van der Waals surface area contributed by atoms with Gasteiger partial charge in [0, 0.05) is 44.1 Å². The molecule has 0 spiro atoms. The van der Waals surface area contributed by atoms with Crippen LogP contribution in [0.15, 0.2) is 54.4 Å². The van der Waals surface area contributed by atoms with E-state index in [1.54, 1.807) is 0 Å². The predicted molar refractivity (Wildman–Crippen MR) is 94.9 cm³/mol. The number of carbonyl (C=O) groups excluding carboxylic acids is 1. The van der Waals surface area contributed by atoms with Crippen LogP contribution in [0.25, 0.3) is 0 Å². The lowest BCUT2D eigenvalue weighted by atomic mass is 10.1. The number of nitrogens with one attached hydrogen (secondary N) is 1. The largest absolute Gasteiger partial charge is 0.348 e. The van der Waals surface area contributed by atoms with Crippen LogP contribution in [0.3, 0.4) is 0 Å². The van der Waals surface area contributed by atoms with Gasteiger partial charge in [0.15, 0.2) is 0 Å². The van der Waals surface area contributed by atoms with Crippen molar-refractivity contribution in [3.63, 3.8) is 0 Å². The first-order valence-corrected chi connectivity index (χ1v) is 8.43. The van der Waals surface area contributed by atoms with E-state index in [0.717, 1.165) is 43.7 Å². The zero-order valence-electron chi connectivity index (χ0n) is 14.1. The van der Waals surface area contributed by atoms with Gasteiger partial charge >= 0.3 is 0 Å². The molecule has 2 aromatic rings. The van der Waals surface area contributed by atoms with Crippen molar-refractivity contribution in [2.24, 2.45) is 0 Å². The molecule has 5 nitrogen and oxygen atoms in total. The van der Waals surface area contributed by atoms with Gasteiger partial charge in [-0.3, -0.25) is 14.4 Å². The third-order valence-electron chi connectivity index (χ3n) is 4.38. The molecule has 0 radical (unpaired) electrons. The number of hydrogen-bond acceptors (Lipinski definition) is 3. The van der Waals surface area contributed by atoms with Gasteiger partial charge in [0.1, 0.15) is 0 Å². The number of aryl methyl sites for hydroxylation is 1. The topological polar surface area (TPSA) is 50.2 Å². The van der Waals surface area contributed by atoms with Crippen LogP contribution in [0.1, 0.15) is 22.3 Å². The van der Waals surface area contributed by atoms with Crippen LogP contribution in [0.5, 0.6) is 0 Å². The summed E-state index contributed by atoms with van der Waals surface area (Å²) >= 11 is 0. The van der Waals surface area contributed by atoms with Crippen LogP contribution in [0.2, 0.25) is 0 Å². The summed E-state index contributed by atoms with van der Waals surface area (Å²) in [5.41, 5.74) is 3.19. The van der Waals surface area contributed by atoms with E-state index < -0.39 is 0 Å². The molecule has 0 fully saturated rings. The summed E-state index contributed by atoms with van der Waals surface area (Å²) in [6, 6.07) is 9.62. The average Bonchev–Trinajstić information content (AvgIpc) is 3.13.